The molecule has 0 aromatic heterocycles. The summed E-state index contributed by atoms with van der Waals surface area (Å²) in [6, 6.07) is 1.46. The summed E-state index contributed by atoms with van der Waals surface area (Å²) in [6.45, 7) is 11.4. The van der Waals surface area contributed by atoms with E-state index in [0.29, 0.717) is 18.2 Å². The van der Waals surface area contributed by atoms with E-state index in [1.165, 1.54) is 71.1 Å². The van der Waals surface area contributed by atoms with Crippen LogP contribution in [-0.4, -0.2) is 73.5 Å². The van der Waals surface area contributed by atoms with E-state index in [4.69, 9.17) is 9.47 Å². The van der Waals surface area contributed by atoms with E-state index in [9.17, 15) is 0 Å². The summed E-state index contributed by atoms with van der Waals surface area (Å²) < 4.78 is 11.8. The smallest absolute Gasteiger partial charge is 0.0809 e. The Balaban J connectivity index is 1.36. The van der Waals surface area contributed by atoms with Crippen LogP contribution < -0.4 is 0 Å². The van der Waals surface area contributed by atoms with Gasteiger partial charge in [-0.15, -0.1) is 0 Å². The summed E-state index contributed by atoms with van der Waals surface area (Å²) in [5.74, 6) is 0. The maximum atomic E-state index is 6.10. The second kappa shape index (κ2) is 8.80. The fourth-order valence-corrected chi connectivity index (χ4v) is 4.47. The molecule has 4 heteroatoms. The number of piperidine rings is 2. The van der Waals surface area contributed by atoms with Crippen LogP contribution in [0.3, 0.4) is 0 Å². The molecule has 0 spiro atoms. The number of likely N-dealkylation sites (tertiary alicyclic amines) is 2. The van der Waals surface area contributed by atoms with Crippen LogP contribution in [0.1, 0.15) is 58.8 Å². The van der Waals surface area contributed by atoms with Gasteiger partial charge >= 0.3 is 0 Å². The highest BCUT2D eigenvalue weighted by Gasteiger charge is 2.28. The van der Waals surface area contributed by atoms with Gasteiger partial charge in [0, 0.05) is 38.3 Å². The van der Waals surface area contributed by atoms with Gasteiger partial charge in [0.1, 0.15) is 0 Å². The Labute approximate surface area is 142 Å². The van der Waals surface area contributed by atoms with Gasteiger partial charge in [-0.1, -0.05) is 6.42 Å². The third-order valence-electron chi connectivity index (χ3n) is 5.88. The van der Waals surface area contributed by atoms with Gasteiger partial charge in [0.25, 0.3) is 0 Å². The molecule has 0 bridgehead atoms. The zero-order chi connectivity index (χ0) is 16.1. The van der Waals surface area contributed by atoms with Crippen molar-refractivity contribution < 1.29 is 9.47 Å². The van der Waals surface area contributed by atoms with Gasteiger partial charge in [0.05, 0.1) is 18.8 Å². The average Bonchev–Trinajstić information content (AvgIpc) is 3.08. The predicted octanol–water partition coefficient (Wildman–Crippen LogP) is 2.91. The fourth-order valence-electron chi connectivity index (χ4n) is 4.47. The SMILES string of the molecule is CC(C)N1CCCC[C@H]1CN1CCC(OC[C@@H]2CCCO2)CC1. The van der Waals surface area contributed by atoms with Crippen molar-refractivity contribution in [2.24, 2.45) is 0 Å². The van der Waals surface area contributed by atoms with Gasteiger partial charge in [-0.05, 0) is 58.9 Å². The van der Waals surface area contributed by atoms with Crippen LogP contribution in [0.5, 0.6) is 0 Å². The molecule has 3 fully saturated rings. The summed E-state index contributed by atoms with van der Waals surface area (Å²) >= 11 is 0. The minimum absolute atomic E-state index is 0.370. The Hall–Kier alpha value is -0.160. The van der Waals surface area contributed by atoms with E-state index in [1.54, 1.807) is 0 Å². The lowest BCUT2D eigenvalue weighted by atomic mass is 9.98. The second-order valence-electron chi connectivity index (χ2n) is 7.95. The van der Waals surface area contributed by atoms with Crippen molar-refractivity contribution in [2.45, 2.75) is 83.1 Å². The third-order valence-corrected chi connectivity index (χ3v) is 5.88. The molecule has 134 valence electrons. The molecule has 0 aromatic rings. The van der Waals surface area contributed by atoms with Crippen LogP contribution in [0.15, 0.2) is 0 Å². The molecule has 0 N–H and O–H groups in total. The van der Waals surface area contributed by atoms with Gasteiger partial charge in [-0.2, -0.15) is 0 Å². The van der Waals surface area contributed by atoms with Crippen LogP contribution in [0, 0.1) is 0 Å². The normalized spacial score (nSPS) is 32.0. The lowest BCUT2D eigenvalue weighted by molar-refractivity contribution is -0.0452. The maximum Gasteiger partial charge on any atom is 0.0809 e. The van der Waals surface area contributed by atoms with Crippen LogP contribution in [0.2, 0.25) is 0 Å². The molecule has 0 saturated carbocycles. The average molecular weight is 325 g/mol. The van der Waals surface area contributed by atoms with E-state index < -0.39 is 0 Å². The Bertz CT molecular complexity index is 336. The Kier molecular flexibility index (Phi) is 6.75. The molecule has 4 nitrogen and oxygen atoms in total. The van der Waals surface area contributed by atoms with Crippen LogP contribution >= 0.6 is 0 Å². The zero-order valence-corrected chi connectivity index (χ0v) is 15.2. The topological polar surface area (TPSA) is 24.9 Å². The van der Waals surface area contributed by atoms with Gasteiger partial charge in [-0.3, -0.25) is 4.90 Å². The first-order chi connectivity index (χ1) is 11.2. The molecule has 3 heterocycles. The first-order valence-electron chi connectivity index (χ1n) is 9.93. The summed E-state index contributed by atoms with van der Waals surface area (Å²) in [5.41, 5.74) is 0. The summed E-state index contributed by atoms with van der Waals surface area (Å²) in [4.78, 5) is 5.40. The van der Waals surface area contributed by atoms with Crippen molar-refractivity contribution >= 4 is 0 Å². The van der Waals surface area contributed by atoms with Gasteiger partial charge in [0.15, 0.2) is 0 Å². The van der Waals surface area contributed by atoms with Crippen molar-refractivity contribution in [1.82, 2.24) is 9.80 Å². The van der Waals surface area contributed by atoms with Crippen LogP contribution in [-0.2, 0) is 9.47 Å². The number of rotatable bonds is 6. The highest BCUT2D eigenvalue weighted by Crippen LogP contribution is 2.23. The van der Waals surface area contributed by atoms with Crippen LogP contribution in [0.25, 0.3) is 0 Å². The molecule has 23 heavy (non-hydrogen) atoms. The lowest BCUT2D eigenvalue weighted by Gasteiger charge is -2.42. The van der Waals surface area contributed by atoms with E-state index in [-0.39, 0.29) is 0 Å². The monoisotopic (exact) mass is 324 g/mol. The quantitative estimate of drug-likeness (QED) is 0.750. The number of ether oxygens (including phenoxy) is 2. The molecule has 3 saturated heterocycles. The van der Waals surface area contributed by atoms with E-state index in [1.807, 2.05) is 0 Å². The van der Waals surface area contributed by atoms with E-state index in [0.717, 1.165) is 19.3 Å². The number of hydrogen-bond acceptors (Lipinski definition) is 4. The summed E-state index contributed by atoms with van der Waals surface area (Å²) in [5, 5.41) is 0. The Morgan fingerprint density at radius 1 is 1.00 bits per heavy atom. The highest BCUT2D eigenvalue weighted by molar-refractivity contribution is 4.84. The Morgan fingerprint density at radius 3 is 2.52 bits per heavy atom. The van der Waals surface area contributed by atoms with Gasteiger partial charge in [-0.25, -0.2) is 0 Å². The molecule has 0 aliphatic carbocycles. The van der Waals surface area contributed by atoms with Crippen LogP contribution in [0.4, 0.5) is 0 Å². The molecule has 3 aliphatic heterocycles. The lowest BCUT2D eigenvalue weighted by Crippen LogP contribution is -2.51. The molecule has 3 aliphatic rings. The number of hydrogen-bond donors (Lipinski definition) is 0. The summed E-state index contributed by atoms with van der Waals surface area (Å²) in [6.07, 6.45) is 9.79. The molecule has 0 amide bonds. The van der Waals surface area contributed by atoms with E-state index >= 15 is 0 Å². The largest absolute Gasteiger partial charge is 0.376 e. The molecule has 3 rings (SSSR count). The standard InChI is InChI=1S/C19H36N2O2/c1-16(2)21-10-4-3-6-17(21)14-20-11-8-18(9-12-20)23-15-19-7-5-13-22-19/h16-19H,3-15H2,1-2H3/t17-,19-/m0/s1. The van der Waals surface area contributed by atoms with Crippen molar-refractivity contribution in [1.29, 1.82) is 0 Å². The molecular formula is C19H36N2O2. The molecule has 0 unspecified atom stereocenters. The predicted molar refractivity (Wildman–Crippen MR) is 93.9 cm³/mol. The van der Waals surface area contributed by atoms with Gasteiger partial charge < -0.3 is 14.4 Å². The van der Waals surface area contributed by atoms with Crippen molar-refractivity contribution in [3.05, 3.63) is 0 Å². The molecule has 0 aromatic carbocycles. The maximum absolute atomic E-state index is 6.10. The van der Waals surface area contributed by atoms with Crippen molar-refractivity contribution in [3.8, 4) is 0 Å². The highest BCUT2D eigenvalue weighted by atomic mass is 16.5. The van der Waals surface area contributed by atoms with E-state index in [2.05, 4.69) is 23.6 Å². The minimum atomic E-state index is 0.370. The Morgan fingerprint density at radius 2 is 1.83 bits per heavy atom. The number of nitrogens with zero attached hydrogens (tertiary/aromatic N) is 2. The van der Waals surface area contributed by atoms with Crippen molar-refractivity contribution in [3.63, 3.8) is 0 Å². The second-order valence-corrected chi connectivity index (χ2v) is 7.95. The molecule has 2 atom stereocenters. The third kappa shape index (κ3) is 5.15. The summed E-state index contributed by atoms with van der Waals surface area (Å²) in [7, 11) is 0. The zero-order valence-electron chi connectivity index (χ0n) is 15.2. The minimum Gasteiger partial charge on any atom is -0.376 e. The molecular weight excluding hydrogens is 288 g/mol. The fraction of sp³-hybridized carbons (Fsp3) is 1.00. The first-order valence-corrected chi connectivity index (χ1v) is 9.93. The first kappa shape index (κ1) is 17.7. The van der Waals surface area contributed by atoms with Crippen molar-refractivity contribution in [2.75, 3.05) is 39.4 Å². The van der Waals surface area contributed by atoms with Gasteiger partial charge in [0.2, 0.25) is 0 Å². The molecule has 0 radical (unpaired) electrons.